The molecule has 33 heavy (non-hydrogen) atoms. The molecular formula is C26H30N6O. The van der Waals surface area contributed by atoms with Crippen molar-refractivity contribution in [3.8, 4) is 0 Å². The van der Waals surface area contributed by atoms with Gasteiger partial charge in [0, 0.05) is 42.6 Å². The Morgan fingerprint density at radius 1 is 1.09 bits per heavy atom. The van der Waals surface area contributed by atoms with E-state index in [2.05, 4.69) is 67.4 Å². The Balaban J connectivity index is 1.63. The number of nitrogens with one attached hydrogen (secondary N) is 2. The normalized spacial score (nSPS) is 11.7. The molecule has 0 aliphatic heterocycles. The van der Waals surface area contributed by atoms with Gasteiger partial charge < -0.3 is 15.2 Å². The van der Waals surface area contributed by atoms with E-state index >= 15 is 0 Å². The van der Waals surface area contributed by atoms with Gasteiger partial charge in [0.2, 0.25) is 5.95 Å². The Morgan fingerprint density at radius 2 is 1.85 bits per heavy atom. The minimum atomic E-state index is -0.259. The number of hydrogen-bond donors (Lipinski definition) is 2. The van der Waals surface area contributed by atoms with Gasteiger partial charge in [-0.3, -0.25) is 9.78 Å². The standard InChI is InChI=1S/C26H30N6O/c1-17(2)19-8-10-20(11-9-19)30-25-29-15-21-22(16-32(23(21)31-25)26(3,4)5)24(33)28-14-18-7-6-12-27-13-18/h6-13,15-17H,14H2,1-5H3,(H,28,33)(H,29,30,31). The van der Waals surface area contributed by atoms with Gasteiger partial charge in [0.05, 0.1) is 10.9 Å². The van der Waals surface area contributed by atoms with E-state index in [1.165, 1.54) is 5.56 Å². The maximum atomic E-state index is 13.0. The number of aromatic nitrogens is 4. The van der Waals surface area contributed by atoms with E-state index in [4.69, 9.17) is 4.98 Å². The van der Waals surface area contributed by atoms with Gasteiger partial charge in [0.1, 0.15) is 5.65 Å². The third kappa shape index (κ3) is 5.03. The lowest BCUT2D eigenvalue weighted by Gasteiger charge is -2.22. The third-order valence-corrected chi connectivity index (χ3v) is 5.52. The SMILES string of the molecule is CC(C)c1ccc(Nc2ncc3c(C(=O)NCc4cccnc4)cn(C(C)(C)C)c3n2)cc1. The van der Waals surface area contributed by atoms with Crippen LogP contribution >= 0.6 is 0 Å². The van der Waals surface area contributed by atoms with Crippen molar-refractivity contribution in [3.63, 3.8) is 0 Å². The molecule has 3 heterocycles. The average molecular weight is 443 g/mol. The molecule has 0 atom stereocenters. The Hall–Kier alpha value is -3.74. The van der Waals surface area contributed by atoms with Crippen LogP contribution in [0.2, 0.25) is 0 Å². The highest BCUT2D eigenvalue weighted by atomic mass is 16.1. The molecule has 4 aromatic rings. The highest BCUT2D eigenvalue weighted by Gasteiger charge is 2.23. The maximum Gasteiger partial charge on any atom is 0.253 e. The van der Waals surface area contributed by atoms with Crippen molar-refractivity contribution in [1.82, 2.24) is 24.8 Å². The summed E-state index contributed by atoms with van der Waals surface area (Å²) in [5.74, 6) is 0.801. The fourth-order valence-corrected chi connectivity index (χ4v) is 3.62. The molecule has 7 heteroatoms. The molecule has 0 aliphatic rings. The third-order valence-electron chi connectivity index (χ3n) is 5.52. The summed E-state index contributed by atoms with van der Waals surface area (Å²) in [4.78, 5) is 26.4. The van der Waals surface area contributed by atoms with E-state index in [0.29, 0.717) is 35.0 Å². The maximum absolute atomic E-state index is 13.0. The van der Waals surface area contributed by atoms with Crippen molar-refractivity contribution in [2.75, 3.05) is 5.32 Å². The molecular weight excluding hydrogens is 412 g/mol. The Bertz CT molecular complexity index is 1250. The summed E-state index contributed by atoms with van der Waals surface area (Å²) in [6.07, 6.45) is 7.03. The second-order valence-electron chi connectivity index (χ2n) is 9.46. The van der Waals surface area contributed by atoms with Crippen molar-refractivity contribution in [3.05, 3.63) is 77.9 Å². The first-order valence-corrected chi connectivity index (χ1v) is 11.1. The zero-order chi connectivity index (χ0) is 23.6. The van der Waals surface area contributed by atoms with Crippen molar-refractivity contribution < 1.29 is 4.79 Å². The van der Waals surface area contributed by atoms with E-state index in [0.717, 1.165) is 11.3 Å². The Morgan fingerprint density at radius 3 is 2.48 bits per heavy atom. The average Bonchev–Trinajstić information content (AvgIpc) is 3.18. The lowest BCUT2D eigenvalue weighted by molar-refractivity contribution is 0.0952. The van der Waals surface area contributed by atoms with E-state index in [-0.39, 0.29) is 11.4 Å². The lowest BCUT2D eigenvalue weighted by atomic mass is 10.0. The smallest absolute Gasteiger partial charge is 0.253 e. The van der Waals surface area contributed by atoms with Gasteiger partial charge in [-0.1, -0.05) is 32.0 Å². The summed E-state index contributed by atoms with van der Waals surface area (Å²) >= 11 is 0. The minimum Gasteiger partial charge on any atom is -0.348 e. The van der Waals surface area contributed by atoms with Gasteiger partial charge >= 0.3 is 0 Å². The second-order valence-corrected chi connectivity index (χ2v) is 9.46. The number of carbonyl (C=O) groups is 1. The molecule has 3 aromatic heterocycles. The van der Waals surface area contributed by atoms with Crippen LogP contribution in [0.5, 0.6) is 0 Å². The molecule has 7 nitrogen and oxygen atoms in total. The number of fused-ring (bicyclic) bond motifs is 1. The molecule has 0 spiro atoms. The summed E-state index contributed by atoms with van der Waals surface area (Å²) < 4.78 is 2.02. The van der Waals surface area contributed by atoms with E-state index in [1.54, 1.807) is 18.6 Å². The van der Waals surface area contributed by atoms with Crippen LogP contribution in [-0.4, -0.2) is 25.4 Å². The van der Waals surface area contributed by atoms with Crippen LogP contribution in [-0.2, 0) is 12.1 Å². The number of nitrogens with zero attached hydrogens (tertiary/aromatic N) is 4. The van der Waals surface area contributed by atoms with Gasteiger partial charge in [0.15, 0.2) is 0 Å². The van der Waals surface area contributed by atoms with Crippen molar-refractivity contribution in [2.45, 2.75) is 52.6 Å². The zero-order valence-electron chi connectivity index (χ0n) is 19.8. The van der Waals surface area contributed by atoms with Crippen LogP contribution in [0.1, 0.15) is 62.0 Å². The molecule has 0 fully saturated rings. The molecule has 2 N–H and O–H groups in total. The number of hydrogen-bond acceptors (Lipinski definition) is 5. The van der Waals surface area contributed by atoms with Crippen LogP contribution in [0.25, 0.3) is 11.0 Å². The van der Waals surface area contributed by atoms with Crippen molar-refractivity contribution >= 4 is 28.6 Å². The van der Waals surface area contributed by atoms with Gasteiger partial charge in [-0.2, -0.15) is 4.98 Å². The van der Waals surface area contributed by atoms with Crippen LogP contribution in [0.15, 0.2) is 61.2 Å². The number of amides is 1. The van der Waals surface area contributed by atoms with Crippen LogP contribution in [0, 0.1) is 0 Å². The molecule has 0 radical (unpaired) electrons. The van der Waals surface area contributed by atoms with E-state index in [9.17, 15) is 4.79 Å². The monoisotopic (exact) mass is 442 g/mol. The van der Waals surface area contributed by atoms with Gasteiger partial charge in [-0.05, 0) is 56.0 Å². The topological polar surface area (TPSA) is 84.7 Å². The molecule has 4 rings (SSSR count). The number of benzene rings is 1. The number of anilines is 2. The van der Waals surface area contributed by atoms with Crippen LogP contribution in [0.3, 0.4) is 0 Å². The predicted octanol–water partition coefficient (Wildman–Crippen LogP) is 5.38. The highest BCUT2D eigenvalue weighted by Crippen LogP contribution is 2.28. The van der Waals surface area contributed by atoms with E-state index < -0.39 is 0 Å². The number of pyridine rings is 1. The summed E-state index contributed by atoms with van der Waals surface area (Å²) in [5, 5.41) is 6.98. The summed E-state index contributed by atoms with van der Waals surface area (Å²) in [6.45, 7) is 11.0. The summed E-state index contributed by atoms with van der Waals surface area (Å²) in [5.41, 5.74) is 4.14. The van der Waals surface area contributed by atoms with Crippen LogP contribution in [0.4, 0.5) is 11.6 Å². The summed E-state index contributed by atoms with van der Waals surface area (Å²) in [6, 6.07) is 12.1. The molecule has 0 saturated heterocycles. The molecule has 170 valence electrons. The summed E-state index contributed by atoms with van der Waals surface area (Å²) in [7, 11) is 0. The van der Waals surface area contributed by atoms with Crippen molar-refractivity contribution in [1.29, 1.82) is 0 Å². The quantitative estimate of drug-likeness (QED) is 0.419. The van der Waals surface area contributed by atoms with Crippen molar-refractivity contribution in [2.24, 2.45) is 0 Å². The zero-order valence-corrected chi connectivity index (χ0v) is 19.8. The minimum absolute atomic E-state index is 0.166. The van der Waals surface area contributed by atoms with Crippen LogP contribution < -0.4 is 10.6 Å². The lowest BCUT2D eigenvalue weighted by Crippen LogP contribution is -2.23. The first-order chi connectivity index (χ1) is 15.7. The number of rotatable bonds is 6. The van der Waals surface area contributed by atoms with Gasteiger partial charge in [-0.15, -0.1) is 0 Å². The Kier molecular flexibility index (Phi) is 6.14. The fraction of sp³-hybridized carbons (Fsp3) is 0.308. The molecule has 0 unspecified atom stereocenters. The van der Waals surface area contributed by atoms with E-state index in [1.807, 2.05) is 35.0 Å². The second kappa shape index (κ2) is 9.02. The molecule has 1 amide bonds. The van der Waals surface area contributed by atoms with Gasteiger partial charge in [0.25, 0.3) is 5.91 Å². The molecule has 0 aliphatic carbocycles. The highest BCUT2D eigenvalue weighted by molar-refractivity contribution is 6.06. The predicted molar refractivity (Wildman–Crippen MR) is 132 cm³/mol. The molecule has 1 aromatic carbocycles. The fourth-order valence-electron chi connectivity index (χ4n) is 3.62. The largest absolute Gasteiger partial charge is 0.348 e. The Labute approximate surface area is 194 Å². The molecule has 0 saturated carbocycles. The van der Waals surface area contributed by atoms with Gasteiger partial charge in [-0.25, -0.2) is 4.98 Å². The molecule has 0 bridgehead atoms. The number of carbonyl (C=O) groups excluding carboxylic acids is 1. The first kappa shape index (κ1) is 22.5. The first-order valence-electron chi connectivity index (χ1n) is 11.1.